The third-order valence-corrected chi connectivity index (χ3v) is 4.79. The summed E-state index contributed by atoms with van der Waals surface area (Å²) in [5.41, 5.74) is 0.349. The van der Waals surface area contributed by atoms with Crippen LogP contribution in [0.15, 0.2) is 29.3 Å². The minimum atomic E-state index is -4.29. The van der Waals surface area contributed by atoms with Gasteiger partial charge in [-0.3, -0.25) is 9.89 Å². The van der Waals surface area contributed by atoms with Crippen molar-refractivity contribution in [2.24, 2.45) is 10.9 Å². The molecular formula is C17H23F3N4. The Hall–Kier alpha value is -1.76. The molecule has 0 aromatic heterocycles. The van der Waals surface area contributed by atoms with Gasteiger partial charge in [0.15, 0.2) is 5.96 Å². The molecule has 1 fully saturated rings. The van der Waals surface area contributed by atoms with Crippen molar-refractivity contribution in [2.45, 2.75) is 25.1 Å². The van der Waals surface area contributed by atoms with E-state index < -0.39 is 11.7 Å². The second kappa shape index (κ2) is 7.01. The summed E-state index contributed by atoms with van der Waals surface area (Å²) < 4.78 is 38.3. The Morgan fingerprint density at radius 2 is 2.04 bits per heavy atom. The third-order valence-electron chi connectivity index (χ3n) is 4.79. The highest BCUT2D eigenvalue weighted by molar-refractivity contribution is 5.81. The average molecular weight is 340 g/mol. The van der Waals surface area contributed by atoms with E-state index in [9.17, 15) is 13.2 Å². The van der Waals surface area contributed by atoms with Crippen molar-refractivity contribution < 1.29 is 13.2 Å². The molecule has 7 heteroatoms. The summed E-state index contributed by atoms with van der Waals surface area (Å²) in [6.45, 7) is 3.37. The van der Waals surface area contributed by atoms with Gasteiger partial charge in [-0.2, -0.15) is 13.2 Å². The number of guanidine groups is 1. The molecule has 132 valence electrons. The van der Waals surface area contributed by atoms with Crippen LogP contribution in [0.2, 0.25) is 0 Å². The van der Waals surface area contributed by atoms with Crippen molar-refractivity contribution >= 4 is 5.96 Å². The van der Waals surface area contributed by atoms with Gasteiger partial charge in [-0.05, 0) is 50.0 Å². The molecule has 1 aromatic carbocycles. The first-order valence-corrected chi connectivity index (χ1v) is 8.35. The zero-order valence-electron chi connectivity index (χ0n) is 13.7. The van der Waals surface area contributed by atoms with Gasteiger partial charge in [0.25, 0.3) is 0 Å². The van der Waals surface area contributed by atoms with E-state index in [0.717, 1.165) is 50.5 Å². The van der Waals surface area contributed by atoms with Gasteiger partial charge >= 0.3 is 6.18 Å². The molecule has 2 aliphatic heterocycles. The fourth-order valence-corrected chi connectivity index (χ4v) is 3.61. The maximum absolute atomic E-state index is 12.8. The van der Waals surface area contributed by atoms with Crippen molar-refractivity contribution in [1.82, 2.24) is 15.5 Å². The smallest absolute Gasteiger partial charge is 0.356 e. The average Bonchev–Trinajstić information content (AvgIpc) is 3.06. The topological polar surface area (TPSA) is 39.7 Å². The lowest BCUT2D eigenvalue weighted by Gasteiger charge is -2.40. The number of aliphatic imine (C=N–C) groups is 1. The Balaban J connectivity index is 1.73. The molecule has 1 aromatic rings. The molecule has 0 spiro atoms. The van der Waals surface area contributed by atoms with Gasteiger partial charge in [-0.1, -0.05) is 12.1 Å². The summed E-state index contributed by atoms with van der Waals surface area (Å²) in [7, 11) is 2.04. The molecule has 2 heterocycles. The largest absolute Gasteiger partial charge is 0.416 e. The van der Waals surface area contributed by atoms with Crippen molar-refractivity contribution in [1.29, 1.82) is 0 Å². The lowest BCUT2D eigenvalue weighted by atomic mass is 9.84. The van der Waals surface area contributed by atoms with E-state index in [1.807, 2.05) is 7.05 Å². The molecule has 2 atom stereocenters. The quantitative estimate of drug-likeness (QED) is 0.889. The van der Waals surface area contributed by atoms with Crippen molar-refractivity contribution in [3.63, 3.8) is 0 Å². The van der Waals surface area contributed by atoms with Gasteiger partial charge in [0, 0.05) is 19.1 Å². The molecule has 4 nitrogen and oxygen atoms in total. The first kappa shape index (κ1) is 17.1. The molecule has 3 rings (SSSR count). The molecule has 24 heavy (non-hydrogen) atoms. The van der Waals surface area contributed by atoms with Crippen LogP contribution >= 0.6 is 0 Å². The van der Waals surface area contributed by atoms with Crippen molar-refractivity contribution in [3.8, 4) is 0 Å². The van der Waals surface area contributed by atoms with Gasteiger partial charge in [0.1, 0.15) is 0 Å². The van der Waals surface area contributed by atoms with Crippen LogP contribution in [0.1, 0.15) is 30.0 Å². The summed E-state index contributed by atoms with van der Waals surface area (Å²) in [5.74, 6) is 1.17. The highest BCUT2D eigenvalue weighted by Crippen LogP contribution is 2.36. The molecule has 0 unspecified atom stereocenters. The lowest BCUT2D eigenvalue weighted by Crippen LogP contribution is -2.43. The van der Waals surface area contributed by atoms with Crippen LogP contribution in [-0.2, 0) is 6.18 Å². The zero-order chi connectivity index (χ0) is 17.2. The minimum Gasteiger partial charge on any atom is -0.356 e. The van der Waals surface area contributed by atoms with Gasteiger partial charge in [-0.15, -0.1) is 0 Å². The number of hydrogen-bond donors (Lipinski definition) is 2. The molecule has 0 aliphatic carbocycles. The number of rotatable bonds is 3. The fourth-order valence-electron chi connectivity index (χ4n) is 3.61. The lowest BCUT2D eigenvalue weighted by molar-refractivity contribution is -0.137. The van der Waals surface area contributed by atoms with Gasteiger partial charge in [0.05, 0.1) is 12.1 Å². The van der Waals surface area contributed by atoms with Crippen molar-refractivity contribution in [2.75, 3.05) is 33.2 Å². The number of alkyl halides is 3. The maximum atomic E-state index is 12.8. The van der Waals surface area contributed by atoms with Crippen LogP contribution in [0, 0.1) is 5.92 Å². The molecule has 2 N–H and O–H groups in total. The summed E-state index contributed by atoms with van der Waals surface area (Å²) in [6.07, 6.45) is -2.14. The highest BCUT2D eigenvalue weighted by atomic mass is 19.4. The molecule has 2 aliphatic rings. The highest BCUT2D eigenvalue weighted by Gasteiger charge is 2.33. The second-order valence-corrected chi connectivity index (χ2v) is 6.49. The van der Waals surface area contributed by atoms with E-state index in [1.54, 1.807) is 12.1 Å². The van der Waals surface area contributed by atoms with Crippen LogP contribution in [-0.4, -0.2) is 44.1 Å². The monoisotopic (exact) mass is 340 g/mol. The van der Waals surface area contributed by atoms with Crippen LogP contribution in [0.25, 0.3) is 0 Å². The van der Waals surface area contributed by atoms with E-state index in [1.165, 1.54) is 12.1 Å². The first-order valence-electron chi connectivity index (χ1n) is 8.35. The predicted octanol–water partition coefficient (Wildman–Crippen LogP) is 2.64. The standard InChI is InChI=1S/C17H23F3N4/c1-24-10-2-3-13(11-23-16-21-8-9-22-16)15(24)12-4-6-14(7-5-12)17(18,19)20/h4-7,13,15H,2-3,8-11H2,1H3,(H2,21,22,23)/t13-,15+/m0/s1. The summed E-state index contributed by atoms with van der Waals surface area (Å²) in [5, 5.41) is 6.53. The minimum absolute atomic E-state index is 0.121. The molecule has 0 saturated carbocycles. The van der Waals surface area contributed by atoms with Gasteiger partial charge < -0.3 is 10.6 Å². The molecular weight excluding hydrogens is 317 g/mol. The van der Waals surface area contributed by atoms with E-state index in [4.69, 9.17) is 0 Å². The Morgan fingerprint density at radius 3 is 2.67 bits per heavy atom. The van der Waals surface area contributed by atoms with Crippen molar-refractivity contribution in [3.05, 3.63) is 35.4 Å². The number of benzene rings is 1. The second-order valence-electron chi connectivity index (χ2n) is 6.49. The number of nitrogens with one attached hydrogen (secondary N) is 2. The third kappa shape index (κ3) is 3.83. The Bertz CT molecular complexity index is 582. The van der Waals surface area contributed by atoms with Crippen LogP contribution in [0.4, 0.5) is 13.2 Å². The number of hydrogen-bond acceptors (Lipinski definition) is 4. The number of nitrogens with zero attached hydrogens (tertiary/aromatic N) is 2. The Labute approximate surface area is 140 Å². The SMILES string of the molecule is CN1CCC[C@@H](CNC2=NCCN2)[C@H]1c1ccc(C(F)(F)F)cc1. The zero-order valence-corrected chi connectivity index (χ0v) is 13.7. The Morgan fingerprint density at radius 1 is 1.29 bits per heavy atom. The van der Waals surface area contributed by atoms with Crippen LogP contribution < -0.4 is 10.6 Å². The number of halogens is 3. The van der Waals surface area contributed by atoms with E-state index >= 15 is 0 Å². The Kier molecular flexibility index (Phi) is 4.99. The predicted molar refractivity (Wildman–Crippen MR) is 87.8 cm³/mol. The summed E-state index contributed by atoms with van der Waals surface area (Å²) in [4.78, 5) is 6.57. The van der Waals surface area contributed by atoms with Gasteiger partial charge in [-0.25, -0.2) is 0 Å². The van der Waals surface area contributed by atoms with E-state index in [-0.39, 0.29) is 6.04 Å². The van der Waals surface area contributed by atoms with E-state index in [0.29, 0.717) is 5.92 Å². The summed E-state index contributed by atoms with van der Waals surface area (Å²) in [6, 6.07) is 5.73. The number of likely N-dealkylation sites (tertiary alicyclic amines) is 1. The molecule has 1 saturated heterocycles. The van der Waals surface area contributed by atoms with Crippen LogP contribution in [0.5, 0.6) is 0 Å². The van der Waals surface area contributed by atoms with Crippen LogP contribution in [0.3, 0.4) is 0 Å². The van der Waals surface area contributed by atoms with Gasteiger partial charge in [0.2, 0.25) is 0 Å². The number of piperidine rings is 1. The molecule has 0 radical (unpaired) electrons. The molecule has 0 bridgehead atoms. The van der Waals surface area contributed by atoms with E-state index in [2.05, 4.69) is 20.5 Å². The summed E-state index contributed by atoms with van der Waals surface area (Å²) >= 11 is 0. The normalized spacial score (nSPS) is 25.2. The first-order chi connectivity index (χ1) is 11.4. The fraction of sp³-hybridized carbons (Fsp3) is 0.588. The molecule has 0 amide bonds. The maximum Gasteiger partial charge on any atom is 0.416 e.